The summed E-state index contributed by atoms with van der Waals surface area (Å²) in [6.45, 7) is 5.09. The molecular formula is C11H20N4O2S. The number of nitrogens with zero attached hydrogens (tertiary/aromatic N) is 2. The third-order valence-corrected chi connectivity index (χ3v) is 4.51. The number of imidazole rings is 1. The van der Waals surface area contributed by atoms with Crippen molar-refractivity contribution in [3.8, 4) is 0 Å². The topological polar surface area (TPSA) is 78.1 Å². The number of sulfonamides is 1. The second-order valence-electron chi connectivity index (χ2n) is 4.63. The van der Waals surface area contributed by atoms with Crippen molar-refractivity contribution in [1.82, 2.24) is 19.6 Å². The van der Waals surface area contributed by atoms with E-state index in [2.05, 4.69) is 19.6 Å². The van der Waals surface area contributed by atoms with Gasteiger partial charge < -0.3 is 9.88 Å². The quantitative estimate of drug-likeness (QED) is 0.817. The molecule has 102 valence electrons. The van der Waals surface area contributed by atoms with Crippen molar-refractivity contribution in [3.05, 3.63) is 12.0 Å². The number of nitrogens with one attached hydrogen (secondary N) is 2. The molecule has 7 heteroatoms. The molecule has 1 fully saturated rings. The zero-order chi connectivity index (χ0) is 13.0. The lowest BCUT2D eigenvalue weighted by Gasteiger charge is -2.26. The molecular weight excluding hydrogens is 252 g/mol. The van der Waals surface area contributed by atoms with Crippen LogP contribution in [0.3, 0.4) is 0 Å². The highest BCUT2D eigenvalue weighted by molar-refractivity contribution is 7.89. The Bertz CT molecular complexity index is 477. The van der Waals surface area contributed by atoms with Crippen molar-refractivity contribution in [3.63, 3.8) is 0 Å². The van der Waals surface area contributed by atoms with Crippen LogP contribution in [0.4, 0.5) is 0 Å². The van der Waals surface area contributed by atoms with Gasteiger partial charge in [-0.1, -0.05) is 6.42 Å². The summed E-state index contributed by atoms with van der Waals surface area (Å²) in [6.07, 6.45) is 5.06. The van der Waals surface area contributed by atoms with Crippen molar-refractivity contribution < 1.29 is 8.42 Å². The first kappa shape index (κ1) is 13.5. The Labute approximate surface area is 108 Å². The summed E-state index contributed by atoms with van der Waals surface area (Å²) in [4.78, 5) is 8.92. The first-order chi connectivity index (χ1) is 8.58. The smallest absolute Gasteiger partial charge is 0.257 e. The number of likely N-dealkylation sites (tertiary alicyclic amines) is 1. The standard InChI is InChI=1S/C11H20N4O2S/c1-10-12-9-11(14-10)18(16,17)13-5-8-15-6-3-2-4-7-15/h9,13H,2-8H2,1H3,(H,12,14). The summed E-state index contributed by atoms with van der Waals surface area (Å²) in [6, 6.07) is 0. The molecule has 2 heterocycles. The molecule has 6 nitrogen and oxygen atoms in total. The lowest BCUT2D eigenvalue weighted by Crippen LogP contribution is -2.37. The Balaban J connectivity index is 1.82. The summed E-state index contributed by atoms with van der Waals surface area (Å²) in [7, 11) is -3.43. The average molecular weight is 272 g/mol. The molecule has 1 aliphatic heterocycles. The molecule has 0 aromatic carbocycles. The zero-order valence-electron chi connectivity index (χ0n) is 10.6. The first-order valence-corrected chi connectivity index (χ1v) is 7.80. The van der Waals surface area contributed by atoms with Crippen LogP contribution in [0.2, 0.25) is 0 Å². The van der Waals surface area contributed by atoms with Crippen LogP contribution in [0.25, 0.3) is 0 Å². The average Bonchev–Trinajstić information content (AvgIpc) is 2.78. The normalized spacial score (nSPS) is 18.1. The lowest BCUT2D eigenvalue weighted by molar-refractivity contribution is 0.232. The molecule has 1 aromatic rings. The molecule has 0 spiro atoms. The first-order valence-electron chi connectivity index (χ1n) is 6.31. The van der Waals surface area contributed by atoms with Gasteiger partial charge in [-0.15, -0.1) is 0 Å². The molecule has 0 aliphatic carbocycles. The van der Waals surface area contributed by atoms with Crippen LogP contribution >= 0.6 is 0 Å². The summed E-state index contributed by atoms with van der Waals surface area (Å²) < 4.78 is 26.4. The second kappa shape index (κ2) is 5.81. The fourth-order valence-electron chi connectivity index (χ4n) is 2.13. The second-order valence-corrected chi connectivity index (χ2v) is 6.37. The number of H-pyrrole nitrogens is 1. The third kappa shape index (κ3) is 3.54. The fraction of sp³-hybridized carbons (Fsp3) is 0.727. The van der Waals surface area contributed by atoms with Crippen molar-refractivity contribution in [2.24, 2.45) is 0 Å². The molecule has 0 unspecified atom stereocenters. The number of aromatic nitrogens is 2. The Hall–Kier alpha value is -0.920. The van der Waals surface area contributed by atoms with E-state index in [1.807, 2.05) is 0 Å². The number of aromatic amines is 1. The van der Waals surface area contributed by atoms with Gasteiger partial charge in [-0.2, -0.15) is 0 Å². The van der Waals surface area contributed by atoms with Gasteiger partial charge in [-0.05, 0) is 32.9 Å². The van der Waals surface area contributed by atoms with Crippen LogP contribution in [-0.4, -0.2) is 49.5 Å². The minimum atomic E-state index is -3.43. The van der Waals surface area contributed by atoms with Crippen LogP contribution in [0.1, 0.15) is 25.1 Å². The minimum absolute atomic E-state index is 0.138. The molecule has 2 rings (SSSR count). The summed E-state index contributed by atoms with van der Waals surface area (Å²) in [5.41, 5.74) is 0. The van der Waals surface area contributed by atoms with Gasteiger partial charge >= 0.3 is 0 Å². The van der Waals surface area contributed by atoms with Gasteiger partial charge in [0.2, 0.25) is 0 Å². The number of hydrogen-bond acceptors (Lipinski definition) is 4. The fourth-order valence-corrected chi connectivity index (χ4v) is 3.12. The van der Waals surface area contributed by atoms with Gasteiger partial charge in [0.1, 0.15) is 5.82 Å². The molecule has 0 saturated carbocycles. The van der Waals surface area contributed by atoms with Crippen LogP contribution in [0, 0.1) is 6.92 Å². The van der Waals surface area contributed by atoms with E-state index in [9.17, 15) is 8.42 Å². The highest BCUT2D eigenvalue weighted by Crippen LogP contribution is 2.08. The predicted octanol–water partition coefficient (Wildman–Crippen LogP) is 0.482. The Morgan fingerprint density at radius 1 is 1.39 bits per heavy atom. The maximum Gasteiger partial charge on any atom is 0.257 e. The van der Waals surface area contributed by atoms with Crippen molar-refractivity contribution in [2.45, 2.75) is 31.2 Å². The monoisotopic (exact) mass is 272 g/mol. The van der Waals surface area contributed by atoms with E-state index in [0.717, 1.165) is 19.6 Å². The molecule has 1 saturated heterocycles. The Morgan fingerprint density at radius 2 is 2.11 bits per heavy atom. The number of piperidine rings is 1. The minimum Gasteiger partial charge on any atom is -0.332 e. The van der Waals surface area contributed by atoms with E-state index in [0.29, 0.717) is 12.4 Å². The van der Waals surface area contributed by atoms with E-state index in [1.54, 1.807) is 6.92 Å². The third-order valence-electron chi connectivity index (χ3n) is 3.14. The van der Waals surface area contributed by atoms with Gasteiger partial charge in [0.05, 0.1) is 6.20 Å². The van der Waals surface area contributed by atoms with Crippen molar-refractivity contribution in [1.29, 1.82) is 0 Å². The molecule has 0 bridgehead atoms. The van der Waals surface area contributed by atoms with Crippen molar-refractivity contribution >= 4 is 10.0 Å². The van der Waals surface area contributed by atoms with E-state index >= 15 is 0 Å². The lowest BCUT2D eigenvalue weighted by atomic mass is 10.1. The van der Waals surface area contributed by atoms with Gasteiger partial charge in [0, 0.05) is 13.1 Å². The van der Waals surface area contributed by atoms with E-state index in [1.165, 1.54) is 25.5 Å². The van der Waals surface area contributed by atoms with Crippen LogP contribution in [0.15, 0.2) is 11.2 Å². The molecule has 1 aliphatic rings. The van der Waals surface area contributed by atoms with Crippen LogP contribution in [-0.2, 0) is 10.0 Å². The van der Waals surface area contributed by atoms with Crippen LogP contribution in [0.5, 0.6) is 0 Å². The van der Waals surface area contributed by atoms with Crippen molar-refractivity contribution in [2.75, 3.05) is 26.2 Å². The summed E-state index contributed by atoms with van der Waals surface area (Å²) >= 11 is 0. The molecule has 0 amide bonds. The SMILES string of the molecule is Cc1ncc(S(=O)(=O)NCCN2CCCCC2)[nH]1. The molecule has 18 heavy (non-hydrogen) atoms. The zero-order valence-corrected chi connectivity index (χ0v) is 11.5. The number of aryl methyl sites for hydroxylation is 1. The maximum absolute atomic E-state index is 11.9. The predicted molar refractivity (Wildman–Crippen MR) is 68.8 cm³/mol. The van der Waals surface area contributed by atoms with Gasteiger partial charge in [-0.3, -0.25) is 0 Å². The van der Waals surface area contributed by atoms with E-state index in [-0.39, 0.29) is 5.03 Å². The van der Waals surface area contributed by atoms with E-state index in [4.69, 9.17) is 0 Å². The van der Waals surface area contributed by atoms with Crippen LogP contribution < -0.4 is 4.72 Å². The number of rotatable bonds is 5. The molecule has 1 aromatic heterocycles. The molecule has 0 atom stereocenters. The Morgan fingerprint density at radius 3 is 2.72 bits per heavy atom. The summed E-state index contributed by atoms with van der Waals surface area (Å²) in [5, 5.41) is 0.138. The van der Waals surface area contributed by atoms with Gasteiger partial charge in [0.25, 0.3) is 10.0 Å². The maximum atomic E-state index is 11.9. The number of hydrogen-bond donors (Lipinski definition) is 2. The molecule has 2 N–H and O–H groups in total. The highest BCUT2D eigenvalue weighted by atomic mass is 32.2. The van der Waals surface area contributed by atoms with E-state index < -0.39 is 10.0 Å². The molecule has 0 radical (unpaired) electrons. The van der Waals surface area contributed by atoms with Gasteiger partial charge in [-0.25, -0.2) is 18.1 Å². The van der Waals surface area contributed by atoms with Gasteiger partial charge in [0.15, 0.2) is 5.03 Å². The highest BCUT2D eigenvalue weighted by Gasteiger charge is 2.17. The largest absolute Gasteiger partial charge is 0.332 e. The summed E-state index contributed by atoms with van der Waals surface area (Å²) in [5.74, 6) is 0.603. The Kier molecular flexibility index (Phi) is 4.36.